The number of aromatic nitrogens is 2. The lowest BCUT2D eigenvalue weighted by Gasteiger charge is -2.16. The van der Waals surface area contributed by atoms with Gasteiger partial charge in [0.1, 0.15) is 16.0 Å². The van der Waals surface area contributed by atoms with E-state index < -0.39 is 0 Å². The fraction of sp³-hybridized carbons (Fsp3) is 0.227. The molecule has 0 unspecified atom stereocenters. The minimum atomic E-state index is -0.293. The van der Waals surface area contributed by atoms with E-state index in [0.717, 1.165) is 21.5 Å². The van der Waals surface area contributed by atoms with Crippen molar-refractivity contribution in [1.82, 2.24) is 9.55 Å². The normalized spacial score (nSPS) is 11.6. The van der Waals surface area contributed by atoms with Crippen LogP contribution in [-0.4, -0.2) is 9.55 Å². The summed E-state index contributed by atoms with van der Waals surface area (Å²) in [6.07, 6.45) is 0. The number of rotatable bonds is 2. The SMILES string of the molecule is Cc1ccc(-n2c(C(C)C)nc3sc4ccccc4c(=O)c3c2=O)cc1C. The van der Waals surface area contributed by atoms with E-state index in [1.807, 2.05) is 64.1 Å². The molecule has 2 aromatic carbocycles. The van der Waals surface area contributed by atoms with E-state index in [-0.39, 0.29) is 22.3 Å². The maximum Gasteiger partial charge on any atom is 0.270 e. The van der Waals surface area contributed by atoms with Gasteiger partial charge in [0.15, 0.2) is 0 Å². The van der Waals surface area contributed by atoms with Gasteiger partial charge in [-0.3, -0.25) is 14.2 Å². The molecule has 0 atom stereocenters. The lowest BCUT2D eigenvalue weighted by molar-refractivity contribution is 0.723. The molecule has 0 N–H and O–H groups in total. The van der Waals surface area contributed by atoms with Crippen molar-refractivity contribution < 1.29 is 0 Å². The van der Waals surface area contributed by atoms with Gasteiger partial charge in [-0.1, -0.05) is 32.0 Å². The summed E-state index contributed by atoms with van der Waals surface area (Å²) in [5.74, 6) is 0.708. The molecular formula is C22H20N2O2S. The van der Waals surface area contributed by atoms with Gasteiger partial charge in [0.25, 0.3) is 5.56 Å². The molecule has 0 saturated heterocycles. The summed E-state index contributed by atoms with van der Waals surface area (Å²) in [5, 5.41) is 0.735. The summed E-state index contributed by atoms with van der Waals surface area (Å²) >= 11 is 1.40. The average molecular weight is 376 g/mol. The van der Waals surface area contributed by atoms with Crippen molar-refractivity contribution in [2.75, 3.05) is 0 Å². The van der Waals surface area contributed by atoms with Gasteiger partial charge in [0.05, 0.1) is 5.69 Å². The third-order valence-electron chi connectivity index (χ3n) is 4.91. The van der Waals surface area contributed by atoms with E-state index in [0.29, 0.717) is 16.0 Å². The van der Waals surface area contributed by atoms with E-state index in [1.54, 1.807) is 10.6 Å². The summed E-state index contributed by atoms with van der Waals surface area (Å²) in [6.45, 7) is 8.07. The highest BCUT2D eigenvalue weighted by atomic mass is 32.1. The number of aryl methyl sites for hydroxylation is 2. The molecule has 0 spiro atoms. The molecule has 4 aromatic rings. The Morgan fingerprint density at radius 3 is 2.44 bits per heavy atom. The Morgan fingerprint density at radius 1 is 1.00 bits per heavy atom. The zero-order chi connectivity index (χ0) is 19.3. The molecule has 2 heterocycles. The molecule has 0 radical (unpaired) electrons. The lowest BCUT2D eigenvalue weighted by atomic mass is 10.1. The number of nitrogens with zero attached hydrogens (tertiary/aromatic N) is 2. The largest absolute Gasteiger partial charge is 0.288 e. The molecule has 27 heavy (non-hydrogen) atoms. The highest BCUT2D eigenvalue weighted by Crippen LogP contribution is 2.25. The van der Waals surface area contributed by atoms with Crippen molar-refractivity contribution in [2.24, 2.45) is 0 Å². The summed E-state index contributed by atoms with van der Waals surface area (Å²) < 4.78 is 2.45. The van der Waals surface area contributed by atoms with Crippen LogP contribution in [0.3, 0.4) is 0 Å². The molecule has 0 aliphatic heterocycles. The van der Waals surface area contributed by atoms with Crippen molar-refractivity contribution in [3.63, 3.8) is 0 Å². The molecular weight excluding hydrogens is 356 g/mol. The minimum absolute atomic E-state index is 0.0393. The molecule has 0 saturated carbocycles. The first-order valence-electron chi connectivity index (χ1n) is 8.94. The Balaban J connectivity index is 2.19. The summed E-state index contributed by atoms with van der Waals surface area (Å²) in [5.41, 5.74) is 2.46. The predicted molar refractivity (Wildman–Crippen MR) is 113 cm³/mol. The monoisotopic (exact) mass is 376 g/mol. The van der Waals surface area contributed by atoms with E-state index in [2.05, 4.69) is 0 Å². The zero-order valence-corrected chi connectivity index (χ0v) is 16.6. The van der Waals surface area contributed by atoms with Crippen LogP contribution in [0.4, 0.5) is 0 Å². The number of hydrogen-bond acceptors (Lipinski definition) is 4. The Kier molecular flexibility index (Phi) is 4.19. The van der Waals surface area contributed by atoms with Crippen LogP contribution >= 0.6 is 11.3 Å². The first-order valence-corrected chi connectivity index (χ1v) is 9.76. The van der Waals surface area contributed by atoms with E-state index in [1.165, 1.54) is 11.3 Å². The Morgan fingerprint density at radius 2 is 1.74 bits per heavy atom. The van der Waals surface area contributed by atoms with Crippen molar-refractivity contribution in [3.05, 3.63) is 80.0 Å². The smallest absolute Gasteiger partial charge is 0.270 e. The van der Waals surface area contributed by atoms with Gasteiger partial charge in [-0.05, 0) is 49.2 Å². The van der Waals surface area contributed by atoms with E-state index >= 15 is 0 Å². The van der Waals surface area contributed by atoms with Crippen LogP contribution in [0.25, 0.3) is 26.0 Å². The quantitative estimate of drug-likeness (QED) is 0.477. The van der Waals surface area contributed by atoms with Crippen molar-refractivity contribution in [3.8, 4) is 5.69 Å². The van der Waals surface area contributed by atoms with Gasteiger partial charge in [-0.25, -0.2) is 4.98 Å². The molecule has 0 fully saturated rings. The van der Waals surface area contributed by atoms with Crippen LogP contribution in [0, 0.1) is 13.8 Å². The van der Waals surface area contributed by atoms with Crippen LogP contribution < -0.4 is 11.0 Å². The molecule has 4 rings (SSSR count). The highest BCUT2D eigenvalue weighted by molar-refractivity contribution is 7.24. The number of fused-ring (bicyclic) bond motifs is 2. The Labute approximate surface area is 160 Å². The second-order valence-electron chi connectivity index (χ2n) is 7.14. The van der Waals surface area contributed by atoms with Crippen LogP contribution in [0.2, 0.25) is 0 Å². The molecule has 0 aliphatic carbocycles. The number of benzene rings is 2. The van der Waals surface area contributed by atoms with Crippen molar-refractivity contribution in [1.29, 1.82) is 0 Å². The molecule has 0 amide bonds. The molecule has 4 nitrogen and oxygen atoms in total. The second kappa shape index (κ2) is 6.43. The van der Waals surface area contributed by atoms with Crippen LogP contribution in [-0.2, 0) is 0 Å². The second-order valence-corrected chi connectivity index (χ2v) is 8.17. The highest BCUT2D eigenvalue weighted by Gasteiger charge is 2.19. The third-order valence-corrected chi connectivity index (χ3v) is 5.97. The molecule has 0 bridgehead atoms. The summed E-state index contributed by atoms with van der Waals surface area (Å²) in [6, 6.07) is 13.3. The van der Waals surface area contributed by atoms with Gasteiger partial charge in [0.2, 0.25) is 5.43 Å². The van der Waals surface area contributed by atoms with Gasteiger partial charge in [-0.15, -0.1) is 11.3 Å². The van der Waals surface area contributed by atoms with Crippen molar-refractivity contribution >= 4 is 31.6 Å². The first kappa shape index (κ1) is 17.6. The Bertz CT molecular complexity index is 1320. The van der Waals surface area contributed by atoms with Gasteiger partial charge in [0, 0.05) is 16.0 Å². The first-order chi connectivity index (χ1) is 12.9. The maximum atomic E-state index is 13.4. The number of hydrogen-bond donors (Lipinski definition) is 0. The van der Waals surface area contributed by atoms with Crippen LogP contribution in [0.1, 0.15) is 36.7 Å². The fourth-order valence-electron chi connectivity index (χ4n) is 3.27. The summed E-state index contributed by atoms with van der Waals surface area (Å²) in [7, 11) is 0. The lowest BCUT2D eigenvalue weighted by Crippen LogP contribution is -2.28. The molecule has 2 aromatic heterocycles. The van der Waals surface area contributed by atoms with Gasteiger partial charge >= 0.3 is 0 Å². The zero-order valence-electron chi connectivity index (χ0n) is 15.7. The Hall–Kier alpha value is -2.79. The van der Waals surface area contributed by atoms with Gasteiger partial charge in [-0.2, -0.15) is 0 Å². The third kappa shape index (κ3) is 2.79. The van der Waals surface area contributed by atoms with Crippen LogP contribution in [0.5, 0.6) is 0 Å². The van der Waals surface area contributed by atoms with Crippen molar-refractivity contribution in [2.45, 2.75) is 33.6 Å². The fourth-order valence-corrected chi connectivity index (χ4v) is 4.32. The standard InChI is InChI=1S/C22H20N2O2S/c1-12(2)20-23-21-18(19(25)16-7-5-6-8-17(16)27-21)22(26)24(20)15-10-9-13(3)14(4)11-15/h5-12H,1-4H3. The maximum absolute atomic E-state index is 13.4. The molecule has 136 valence electrons. The van der Waals surface area contributed by atoms with E-state index in [9.17, 15) is 9.59 Å². The van der Waals surface area contributed by atoms with E-state index in [4.69, 9.17) is 4.98 Å². The minimum Gasteiger partial charge on any atom is -0.288 e. The van der Waals surface area contributed by atoms with Crippen LogP contribution in [0.15, 0.2) is 52.1 Å². The average Bonchev–Trinajstić information content (AvgIpc) is 2.64. The molecule has 5 heteroatoms. The molecule has 0 aliphatic rings. The topological polar surface area (TPSA) is 52.0 Å². The summed E-state index contributed by atoms with van der Waals surface area (Å²) in [4.78, 5) is 31.8. The van der Waals surface area contributed by atoms with Gasteiger partial charge < -0.3 is 0 Å². The predicted octanol–water partition coefficient (Wildman–Crippen LogP) is 4.70.